The van der Waals surface area contributed by atoms with Crippen molar-refractivity contribution in [1.82, 2.24) is 9.80 Å². The largest absolute Gasteiger partial charge is 0.397 e. The van der Waals surface area contributed by atoms with Crippen LogP contribution < -0.4 is 10.6 Å². The lowest BCUT2D eigenvalue weighted by Gasteiger charge is -2.37. The fourth-order valence-corrected chi connectivity index (χ4v) is 2.51. The van der Waals surface area contributed by atoms with E-state index in [0.29, 0.717) is 17.3 Å². The molecular formula is C15H24N4O. The first-order valence-corrected chi connectivity index (χ1v) is 6.96. The first-order valence-electron chi connectivity index (χ1n) is 6.96. The number of anilines is 2. The summed E-state index contributed by atoms with van der Waals surface area (Å²) in [5, 5.41) is 0. The Bertz CT molecular complexity index is 501. The van der Waals surface area contributed by atoms with Crippen LogP contribution in [0.15, 0.2) is 18.2 Å². The molecule has 1 amide bonds. The predicted octanol–water partition coefficient (Wildman–Crippen LogP) is 1.11. The van der Waals surface area contributed by atoms with Crippen molar-refractivity contribution in [1.29, 1.82) is 0 Å². The lowest BCUT2D eigenvalue weighted by atomic mass is 10.1. The van der Waals surface area contributed by atoms with Crippen molar-refractivity contribution in [3.63, 3.8) is 0 Å². The zero-order valence-electron chi connectivity index (χ0n) is 12.8. The van der Waals surface area contributed by atoms with E-state index in [-0.39, 0.29) is 5.91 Å². The minimum atomic E-state index is 0.0713. The number of hydrogen-bond donors (Lipinski definition) is 1. The third-order valence-corrected chi connectivity index (χ3v) is 4.00. The van der Waals surface area contributed by atoms with Gasteiger partial charge in [0.15, 0.2) is 0 Å². The number of carbonyl (C=O) groups excluding carboxylic acids is 1. The lowest BCUT2D eigenvalue weighted by Crippen LogP contribution is -2.52. The Morgan fingerprint density at radius 2 is 2.05 bits per heavy atom. The van der Waals surface area contributed by atoms with Gasteiger partial charge >= 0.3 is 0 Å². The Balaban J connectivity index is 2.15. The molecule has 2 rings (SSSR count). The average molecular weight is 276 g/mol. The van der Waals surface area contributed by atoms with Gasteiger partial charge in [-0.1, -0.05) is 0 Å². The number of piperazine rings is 1. The van der Waals surface area contributed by atoms with Crippen LogP contribution in [0.25, 0.3) is 0 Å². The van der Waals surface area contributed by atoms with Crippen molar-refractivity contribution in [3.8, 4) is 0 Å². The number of hydrogen-bond acceptors (Lipinski definition) is 4. The molecule has 0 aromatic heterocycles. The summed E-state index contributed by atoms with van der Waals surface area (Å²) >= 11 is 0. The van der Waals surface area contributed by atoms with Crippen LogP contribution in [0.5, 0.6) is 0 Å². The van der Waals surface area contributed by atoms with Crippen molar-refractivity contribution in [2.75, 3.05) is 51.4 Å². The van der Waals surface area contributed by atoms with Gasteiger partial charge in [0.25, 0.3) is 5.91 Å². The fourth-order valence-electron chi connectivity index (χ4n) is 2.51. The third kappa shape index (κ3) is 2.88. The van der Waals surface area contributed by atoms with Crippen LogP contribution in [0.3, 0.4) is 0 Å². The van der Waals surface area contributed by atoms with Crippen molar-refractivity contribution in [2.24, 2.45) is 0 Å². The summed E-state index contributed by atoms with van der Waals surface area (Å²) in [6, 6.07) is 5.94. The molecule has 5 nitrogen and oxygen atoms in total. The summed E-state index contributed by atoms with van der Waals surface area (Å²) in [5.74, 6) is 0.0713. The summed E-state index contributed by atoms with van der Waals surface area (Å²) in [6.45, 7) is 4.60. The molecule has 0 bridgehead atoms. The van der Waals surface area contributed by atoms with E-state index >= 15 is 0 Å². The molecule has 5 heteroatoms. The van der Waals surface area contributed by atoms with Gasteiger partial charge in [0.05, 0.1) is 11.4 Å². The molecule has 0 spiro atoms. The maximum absolute atomic E-state index is 12.5. The Labute approximate surface area is 120 Å². The normalized spacial score (nSPS) is 20.0. The third-order valence-electron chi connectivity index (χ3n) is 4.00. The monoisotopic (exact) mass is 276 g/mol. The average Bonchev–Trinajstić information content (AvgIpc) is 2.40. The second-order valence-electron chi connectivity index (χ2n) is 5.75. The number of nitrogen functional groups attached to an aromatic ring is 1. The van der Waals surface area contributed by atoms with E-state index < -0.39 is 0 Å². The molecule has 0 saturated carbocycles. The smallest absolute Gasteiger partial charge is 0.254 e. The highest BCUT2D eigenvalue weighted by atomic mass is 16.2. The SMILES string of the molecule is CC1CN(C(=O)c2ccc(N(C)C)c(N)c2)CCN1C. The van der Waals surface area contributed by atoms with Gasteiger partial charge in [0, 0.05) is 45.3 Å². The number of nitrogens with zero attached hydrogens (tertiary/aromatic N) is 3. The van der Waals surface area contributed by atoms with Crippen LogP contribution in [0.2, 0.25) is 0 Å². The first kappa shape index (κ1) is 14.7. The van der Waals surface area contributed by atoms with Gasteiger partial charge in [0.1, 0.15) is 0 Å². The Morgan fingerprint density at radius 1 is 1.35 bits per heavy atom. The molecule has 1 aromatic carbocycles. The maximum atomic E-state index is 12.5. The van der Waals surface area contributed by atoms with Crippen LogP contribution in [0.4, 0.5) is 11.4 Å². The van der Waals surface area contributed by atoms with Crippen LogP contribution in [0, 0.1) is 0 Å². The second-order valence-corrected chi connectivity index (χ2v) is 5.75. The van der Waals surface area contributed by atoms with E-state index in [4.69, 9.17) is 5.73 Å². The van der Waals surface area contributed by atoms with Crippen LogP contribution in [-0.2, 0) is 0 Å². The van der Waals surface area contributed by atoms with Crippen molar-refractivity contribution >= 4 is 17.3 Å². The molecule has 1 saturated heterocycles. The minimum Gasteiger partial charge on any atom is -0.397 e. The number of nitrogens with two attached hydrogens (primary N) is 1. The zero-order chi connectivity index (χ0) is 14.9. The number of likely N-dealkylation sites (N-methyl/N-ethyl adjacent to an activating group) is 1. The molecule has 20 heavy (non-hydrogen) atoms. The highest BCUT2D eigenvalue weighted by Crippen LogP contribution is 2.23. The molecule has 1 aromatic rings. The number of rotatable bonds is 2. The molecule has 1 heterocycles. The Morgan fingerprint density at radius 3 is 2.60 bits per heavy atom. The van der Waals surface area contributed by atoms with E-state index in [9.17, 15) is 4.79 Å². The molecule has 1 aliphatic heterocycles. The Kier molecular flexibility index (Phi) is 4.18. The Hall–Kier alpha value is -1.75. The summed E-state index contributed by atoms with van der Waals surface area (Å²) in [6.07, 6.45) is 0. The van der Waals surface area contributed by atoms with E-state index in [2.05, 4.69) is 18.9 Å². The van der Waals surface area contributed by atoms with E-state index in [1.54, 1.807) is 6.07 Å². The highest BCUT2D eigenvalue weighted by molar-refractivity contribution is 5.96. The number of benzene rings is 1. The van der Waals surface area contributed by atoms with Crippen LogP contribution in [-0.4, -0.2) is 62.5 Å². The van der Waals surface area contributed by atoms with Gasteiger partial charge in [-0.15, -0.1) is 0 Å². The number of amides is 1. The fraction of sp³-hybridized carbons (Fsp3) is 0.533. The van der Waals surface area contributed by atoms with E-state index in [1.807, 2.05) is 36.0 Å². The predicted molar refractivity (Wildman–Crippen MR) is 83.2 cm³/mol. The van der Waals surface area contributed by atoms with Gasteiger partial charge in [-0.05, 0) is 32.2 Å². The molecular weight excluding hydrogens is 252 g/mol. The van der Waals surface area contributed by atoms with Gasteiger partial charge in [0.2, 0.25) is 0 Å². The topological polar surface area (TPSA) is 52.8 Å². The molecule has 110 valence electrons. The van der Waals surface area contributed by atoms with E-state index in [1.165, 1.54) is 0 Å². The van der Waals surface area contributed by atoms with Gasteiger partial charge in [-0.2, -0.15) is 0 Å². The van der Waals surface area contributed by atoms with Gasteiger partial charge in [-0.25, -0.2) is 0 Å². The molecule has 1 fully saturated rings. The molecule has 2 N–H and O–H groups in total. The lowest BCUT2D eigenvalue weighted by molar-refractivity contribution is 0.0572. The summed E-state index contributed by atoms with van der Waals surface area (Å²) in [7, 11) is 5.97. The molecule has 1 atom stereocenters. The first-order chi connectivity index (χ1) is 9.40. The van der Waals surface area contributed by atoms with Crippen molar-refractivity contribution < 1.29 is 4.79 Å². The highest BCUT2D eigenvalue weighted by Gasteiger charge is 2.25. The van der Waals surface area contributed by atoms with Crippen LogP contribution >= 0.6 is 0 Å². The van der Waals surface area contributed by atoms with Gasteiger partial charge in [-0.3, -0.25) is 4.79 Å². The van der Waals surface area contributed by atoms with Gasteiger partial charge < -0.3 is 20.4 Å². The molecule has 0 aliphatic carbocycles. The number of carbonyl (C=O) groups is 1. The molecule has 1 unspecified atom stereocenters. The standard InChI is InChI=1S/C15H24N4O/c1-11-10-19(8-7-18(11)4)15(20)12-5-6-14(17(2)3)13(16)9-12/h5-6,9,11H,7-8,10,16H2,1-4H3. The quantitative estimate of drug-likeness (QED) is 0.822. The summed E-state index contributed by atoms with van der Waals surface area (Å²) in [5.41, 5.74) is 8.27. The van der Waals surface area contributed by atoms with Crippen molar-refractivity contribution in [2.45, 2.75) is 13.0 Å². The molecule has 1 aliphatic rings. The summed E-state index contributed by atoms with van der Waals surface area (Å²) < 4.78 is 0. The van der Waals surface area contributed by atoms with Crippen LogP contribution in [0.1, 0.15) is 17.3 Å². The zero-order valence-corrected chi connectivity index (χ0v) is 12.8. The second kappa shape index (κ2) is 5.71. The molecule has 0 radical (unpaired) electrons. The maximum Gasteiger partial charge on any atom is 0.254 e. The minimum absolute atomic E-state index is 0.0713. The summed E-state index contributed by atoms with van der Waals surface area (Å²) in [4.78, 5) is 18.7. The van der Waals surface area contributed by atoms with E-state index in [0.717, 1.165) is 25.3 Å². The van der Waals surface area contributed by atoms with Crippen molar-refractivity contribution in [3.05, 3.63) is 23.8 Å².